The van der Waals surface area contributed by atoms with Crippen LogP contribution in [-0.2, 0) is 6.42 Å². The second-order valence-corrected chi connectivity index (χ2v) is 10.0. The van der Waals surface area contributed by atoms with Crippen LogP contribution in [0.3, 0.4) is 0 Å². The van der Waals surface area contributed by atoms with Gasteiger partial charge in [0.15, 0.2) is 0 Å². The predicted molar refractivity (Wildman–Crippen MR) is 123 cm³/mol. The molecule has 2 N–H and O–H groups in total. The van der Waals surface area contributed by atoms with Gasteiger partial charge >= 0.3 is 5.97 Å². The molecular weight excluding hydrogens is 467 g/mol. The van der Waals surface area contributed by atoms with Crippen LogP contribution in [0.25, 0.3) is 0 Å². The number of carbonyl (C=O) groups is 1. The van der Waals surface area contributed by atoms with Crippen molar-refractivity contribution in [1.29, 1.82) is 0 Å². The number of halogens is 2. The van der Waals surface area contributed by atoms with Crippen molar-refractivity contribution in [2.75, 3.05) is 0 Å². The smallest absolute Gasteiger partial charge is 0.345 e. The molecule has 3 nitrogen and oxygen atoms in total. The van der Waals surface area contributed by atoms with Crippen LogP contribution in [0.2, 0.25) is 0 Å². The zero-order valence-electron chi connectivity index (χ0n) is 17.1. The van der Waals surface area contributed by atoms with E-state index < -0.39 is 12.1 Å². The molecule has 0 amide bonds. The van der Waals surface area contributed by atoms with E-state index in [2.05, 4.69) is 22.9 Å². The van der Waals surface area contributed by atoms with Gasteiger partial charge in [0.25, 0.3) is 0 Å². The Kier molecular flexibility index (Phi) is 8.26. The molecule has 0 fully saturated rings. The molecule has 1 aliphatic carbocycles. The molecule has 0 saturated heterocycles. The first kappa shape index (κ1) is 23.2. The summed E-state index contributed by atoms with van der Waals surface area (Å²) in [6.07, 6.45) is 5.35. The van der Waals surface area contributed by atoms with Crippen molar-refractivity contribution in [3.05, 3.63) is 67.6 Å². The number of rotatable bonds is 10. The Balaban J connectivity index is 1.63. The minimum Gasteiger partial charge on any atom is -0.477 e. The molecule has 2 aromatic rings. The maximum absolute atomic E-state index is 14.4. The molecule has 0 radical (unpaired) electrons. The molecular formula is C24H28BrFO3S. The first-order valence-corrected chi connectivity index (χ1v) is 12.2. The van der Waals surface area contributed by atoms with Crippen molar-refractivity contribution in [2.24, 2.45) is 5.92 Å². The maximum Gasteiger partial charge on any atom is 0.345 e. The first-order valence-electron chi connectivity index (χ1n) is 10.5. The summed E-state index contributed by atoms with van der Waals surface area (Å²) in [7, 11) is 0. The summed E-state index contributed by atoms with van der Waals surface area (Å²) in [4.78, 5) is 12.4. The molecule has 30 heavy (non-hydrogen) atoms. The zero-order valence-corrected chi connectivity index (χ0v) is 19.5. The summed E-state index contributed by atoms with van der Waals surface area (Å²) in [5.74, 6) is -0.805. The highest BCUT2D eigenvalue weighted by molar-refractivity contribution is 9.11. The van der Waals surface area contributed by atoms with Crippen LogP contribution in [-0.4, -0.2) is 16.2 Å². The fourth-order valence-electron chi connectivity index (χ4n) is 4.16. The number of hydrogen-bond donors (Lipinski definition) is 2. The van der Waals surface area contributed by atoms with Gasteiger partial charge in [-0.25, -0.2) is 9.18 Å². The topological polar surface area (TPSA) is 57.5 Å². The van der Waals surface area contributed by atoms with Gasteiger partial charge in [0.2, 0.25) is 0 Å². The summed E-state index contributed by atoms with van der Waals surface area (Å²) in [5.41, 5.74) is 1.98. The largest absolute Gasteiger partial charge is 0.477 e. The zero-order chi connectivity index (χ0) is 21.7. The van der Waals surface area contributed by atoms with Crippen LogP contribution in [0.4, 0.5) is 4.39 Å². The number of thiophene rings is 1. The van der Waals surface area contributed by atoms with Gasteiger partial charge in [-0.2, -0.15) is 0 Å². The second kappa shape index (κ2) is 10.7. The Labute approximate surface area is 189 Å². The summed E-state index contributed by atoms with van der Waals surface area (Å²) in [6, 6.07) is 11.5. The molecule has 0 saturated carbocycles. The Morgan fingerprint density at radius 2 is 1.97 bits per heavy atom. The predicted octanol–water partition coefficient (Wildman–Crippen LogP) is 7.37. The van der Waals surface area contributed by atoms with Crippen molar-refractivity contribution >= 4 is 33.2 Å². The monoisotopic (exact) mass is 494 g/mol. The number of benzene rings is 1. The van der Waals surface area contributed by atoms with Crippen molar-refractivity contribution in [2.45, 2.75) is 63.9 Å². The highest BCUT2D eigenvalue weighted by Gasteiger charge is 2.34. The lowest BCUT2D eigenvalue weighted by Gasteiger charge is -2.22. The summed E-state index contributed by atoms with van der Waals surface area (Å²) >= 11 is 4.79. The molecule has 2 unspecified atom stereocenters. The van der Waals surface area contributed by atoms with Crippen molar-refractivity contribution < 1.29 is 19.4 Å². The lowest BCUT2D eigenvalue weighted by molar-refractivity contribution is 0.0702. The van der Waals surface area contributed by atoms with Crippen LogP contribution in [0.15, 0.2) is 46.7 Å². The fourth-order valence-corrected chi connectivity index (χ4v) is 5.85. The number of aromatic carboxylic acids is 1. The number of aliphatic hydroxyl groups excluding tert-OH is 1. The lowest BCUT2D eigenvalue weighted by Crippen LogP contribution is -2.09. The number of unbranched alkanes of at least 4 members (excludes halogenated alkanes) is 1. The molecule has 0 aliphatic heterocycles. The van der Waals surface area contributed by atoms with E-state index in [4.69, 9.17) is 5.11 Å². The van der Waals surface area contributed by atoms with Gasteiger partial charge in [-0.15, -0.1) is 11.3 Å². The molecule has 6 heteroatoms. The van der Waals surface area contributed by atoms with Gasteiger partial charge in [-0.1, -0.05) is 60.0 Å². The van der Waals surface area contributed by atoms with Crippen molar-refractivity contribution in [3.63, 3.8) is 0 Å². The SMILES string of the molecule is CCCCC(O)c1ccc(C2C(Br)=C(F)C[C@@H]2CCCc2ccc(C(=O)O)s2)cc1. The third-order valence-electron chi connectivity index (χ3n) is 5.83. The Morgan fingerprint density at radius 1 is 1.23 bits per heavy atom. The molecule has 1 aliphatic rings. The lowest BCUT2D eigenvalue weighted by atomic mass is 9.84. The maximum atomic E-state index is 14.4. The van der Waals surface area contributed by atoms with E-state index in [0.29, 0.717) is 15.8 Å². The van der Waals surface area contributed by atoms with Gasteiger partial charge in [0.05, 0.1) is 6.10 Å². The summed E-state index contributed by atoms with van der Waals surface area (Å²) < 4.78 is 15.1. The van der Waals surface area contributed by atoms with E-state index in [-0.39, 0.29) is 17.7 Å². The molecule has 3 atom stereocenters. The minimum atomic E-state index is -0.888. The fraction of sp³-hybridized carbons (Fsp3) is 0.458. The number of hydrogen-bond acceptors (Lipinski definition) is 3. The molecule has 3 rings (SSSR count). The van der Waals surface area contributed by atoms with E-state index in [1.807, 2.05) is 30.3 Å². The molecule has 0 spiro atoms. The van der Waals surface area contributed by atoms with E-state index in [1.165, 1.54) is 11.3 Å². The molecule has 1 aromatic carbocycles. The Hall–Kier alpha value is -1.50. The number of aryl methyl sites for hydroxylation is 1. The van der Waals surface area contributed by atoms with Gasteiger partial charge in [-0.3, -0.25) is 0 Å². The number of allylic oxidation sites excluding steroid dienone is 2. The van der Waals surface area contributed by atoms with Crippen LogP contribution >= 0.6 is 27.3 Å². The highest BCUT2D eigenvalue weighted by Crippen LogP contribution is 2.49. The second-order valence-electron chi connectivity index (χ2n) is 7.98. The average molecular weight is 495 g/mol. The summed E-state index contributed by atoms with van der Waals surface area (Å²) in [5, 5.41) is 19.4. The normalized spacial score (nSPS) is 20.0. The number of aliphatic hydroxyl groups is 1. The van der Waals surface area contributed by atoms with E-state index >= 15 is 0 Å². The first-order chi connectivity index (χ1) is 14.4. The Morgan fingerprint density at radius 3 is 2.60 bits per heavy atom. The average Bonchev–Trinajstić information content (AvgIpc) is 3.31. The molecule has 1 aromatic heterocycles. The van der Waals surface area contributed by atoms with Crippen LogP contribution < -0.4 is 0 Å². The Bertz CT molecular complexity index is 890. The minimum absolute atomic E-state index is 0.00949. The van der Waals surface area contributed by atoms with Gasteiger partial charge in [0, 0.05) is 21.7 Å². The van der Waals surface area contributed by atoms with Crippen LogP contribution in [0.5, 0.6) is 0 Å². The number of carboxylic acid groups (broad SMARTS) is 1. The van der Waals surface area contributed by atoms with E-state index in [9.17, 15) is 14.3 Å². The van der Waals surface area contributed by atoms with Gasteiger partial charge in [-0.05, 0) is 54.9 Å². The molecule has 0 bridgehead atoms. The molecule has 162 valence electrons. The summed E-state index contributed by atoms with van der Waals surface area (Å²) in [6.45, 7) is 2.11. The quantitative estimate of drug-likeness (QED) is 0.362. The van der Waals surface area contributed by atoms with Gasteiger partial charge < -0.3 is 10.2 Å². The van der Waals surface area contributed by atoms with E-state index in [1.54, 1.807) is 6.07 Å². The molecule has 1 heterocycles. The van der Waals surface area contributed by atoms with Crippen molar-refractivity contribution in [3.8, 4) is 0 Å². The van der Waals surface area contributed by atoms with Crippen LogP contribution in [0.1, 0.15) is 83.1 Å². The standard InChI is InChI=1S/C24H28BrFO3S/c1-2-3-7-20(27)15-8-10-16(11-9-15)22-17(14-19(26)23(22)25)5-4-6-18-12-13-21(30-18)24(28)29/h8-13,17,20,22,27H,2-7,14H2,1H3,(H,28,29)/t17-,20?,22?/m0/s1. The van der Waals surface area contributed by atoms with Crippen molar-refractivity contribution in [1.82, 2.24) is 0 Å². The number of carboxylic acids is 1. The van der Waals surface area contributed by atoms with Gasteiger partial charge in [0.1, 0.15) is 10.7 Å². The third-order valence-corrected chi connectivity index (χ3v) is 7.88. The van der Waals surface area contributed by atoms with E-state index in [0.717, 1.165) is 54.5 Å². The third kappa shape index (κ3) is 5.59. The highest BCUT2D eigenvalue weighted by atomic mass is 79.9. The van der Waals surface area contributed by atoms with Crippen LogP contribution in [0, 0.1) is 5.92 Å².